The number of thioether (sulfide) groups is 1. The largest absolute Gasteiger partial charge is 0.381 e. The lowest BCUT2D eigenvalue weighted by molar-refractivity contribution is -0.130. The Morgan fingerprint density at radius 2 is 2.20 bits per heavy atom. The summed E-state index contributed by atoms with van der Waals surface area (Å²) < 4.78 is 5.20. The highest BCUT2D eigenvalue weighted by Crippen LogP contribution is 2.18. The van der Waals surface area contributed by atoms with E-state index in [1.165, 1.54) is 0 Å². The van der Waals surface area contributed by atoms with Crippen molar-refractivity contribution in [1.29, 1.82) is 0 Å². The number of nitrogens with two attached hydrogens (primary N) is 1. The third-order valence-corrected chi connectivity index (χ3v) is 3.46. The number of ether oxygens (including phenoxy) is 1. The van der Waals surface area contributed by atoms with Gasteiger partial charge in [-0.1, -0.05) is 0 Å². The minimum absolute atomic E-state index is 0.0349. The first-order valence-corrected chi connectivity index (χ1v) is 6.64. The molecule has 1 saturated heterocycles. The van der Waals surface area contributed by atoms with E-state index >= 15 is 0 Å². The summed E-state index contributed by atoms with van der Waals surface area (Å²) in [5.41, 5.74) is 5.33. The number of hydrogen-bond acceptors (Lipinski definition) is 4. The summed E-state index contributed by atoms with van der Waals surface area (Å²) in [4.78, 5) is 11.9. The van der Waals surface area contributed by atoms with E-state index in [4.69, 9.17) is 10.5 Å². The number of carbonyl (C=O) groups is 1. The van der Waals surface area contributed by atoms with Gasteiger partial charge in [0.25, 0.3) is 0 Å². The topological polar surface area (TPSA) is 64.4 Å². The van der Waals surface area contributed by atoms with Gasteiger partial charge in [0.1, 0.15) is 0 Å². The number of rotatable bonds is 4. The van der Waals surface area contributed by atoms with Crippen molar-refractivity contribution in [3.63, 3.8) is 0 Å². The highest BCUT2D eigenvalue weighted by Gasteiger charge is 2.36. The van der Waals surface area contributed by atoms with E-state index in [1.807, 2.05) is 13.2 Å². The Morgan fingerprint density at radius 1 is 1.60 bits per heavy atom. The predicted molar refractivity (Wildman–Crippen MR) is 63.0 cm³/mol. The third kappa shape index (κ3) is 3.66. The molecule has 88 valence electrons. The monoisotopic (exact) mass is 232 g/mol. The second-order valence-electron chi connectivity index (χ2n) is 4.10. The van der Waals surface area contributed by atoms with Crippen molar-refractivity contribution in [2.24, 2.45) is 5.73 Å². The molecule has 1 unspecified atom stereocenters. The van der Waals surface area contributed by atoms with Gasteiger partial charge in [-0.05, 0) is 26.0 Å². The van der Waals surface area contributed by atoms with Gasteiger partial charge in [0, 0.05) is 25.0 Å². The zero-order valence-electron chi connectivity index (χ0n) is 9.41. The minimum atomic E-state index is -0.717. The lowest BCUT2D eigenvalue weighted by Gasteiger charge is -2.32. The van der Waals surface area contributed by atoms with E-state index < -0.39 is 5.54 Å². The molecule has 0 aromatic heterocycles. The Morgan fingerprint density at radius 3 is 2.73 bits per heavy atom. The fraction of sp³-hybridized carbons (Fsp3) is 0.900. The van der Waals surface area contributed by atoms with E-state index in [0.717, 1.165) is 5.75 Å². The third-order valence-electron chi connectivity index (χ3n) is 2.63. The highest BCUT2D eigenvalue weighted by molar-refractivity contribution is 7.98. The lowest BCUT2D eigenvalue weighted by Crippen LogP contribution is -2.58. The minimum Gasteiger partial charge on any atom is -0.381 e. The molecule has 1 amide bonds. The van der Waals surface area contributed by atoms with Gasteiger partial charge in [-0.2, -0.15) is 11.8 Å². The molecule has 0 bridgehead atoms. The summed E-state index contributed by atoms with van der Waals surface area (Å²) in [5.74, 6) is 0.880. The molecule has 1 rings (SSSR count). The zero-order chi connectivity index (χ0) is 11.3. The lowest BCUT2D eigenvalue weighted by atomic mass is 9.90. The average molecular weight is 232 g/mol. The number of carbonyl (C=O) groups excluding carboxylic acids is 1. The van der Waals surface area contributed by atoms with Crippen LogP contribution in [0, 0.1) is 0 Å². The van der Waals surface area contributed by atoms with Crippen LogP contribution in [0.5, 0.6) is 0 Å². The first-order chi connectivity index (χ1) is 7.08. The molecule has 0 saturated carbocycles. The van der Waals surface area contributed by atoms with Gasteiger partial charge in [-0.15, -0.1) is 0 Å². The van der Waals surface area contributed by atoms with Gasteiger partial charge in [0.05, 0.1) is 5.54 Å². The summed E-state index contributed by atoms with van der Waals surface area (Å²) in [6.45, 7) is 3.17. The molecule has 0 aromatic carbocycles. The maximum atomic E-state index is 11.9. The SMILES string of the molecule is CSCC(C)NC(=O)C1(N)CCOCC1. The number of nitrogens with one attached hydrogen (secondary N) is 1. The van der Waals surface area contributed by atoms with Crippen molar-refractivity contribution in [2.45, 2.75) is 31.3 Å². The van der Waals surface area contributed by atoms with Crippen LogP contribution in [-0.4, -0.2) is 42.7 Å². The van der Waals surface area contributed by atoms with E-state index in [9.17, 15) is 4.79 Å². The van der Waals surface area contributed by atoms with Crippen molar-refractivity contribution in [2.75, 3.05) is 25.2 Å². The first kappa shape index (κ1) is 12.8. The second-order valence-corrected chi connectivity index (χ2v) is 5.01. The Kier molecular flexibility index (Phi) is 4.89. The molecule has 0 aliphatic carbocycles. The van der Waals surface area contributed by atoms with Gasteiger partial charge in [-0.3, -0.25) is 4.79 Å². The van der Waals surface area contributed by atoms with Gasteiger partial charge in [-0.25, -0.2) is 0 Å². The summed E-state index contributed by atoms with van der Waals surface area (Å²) in [5, 5.41) is 2.95. The van der Waals surface area contributed by atoms with Crippen molar-refractivity contribution in [3.8, 4) is 0 Å². The fourth-order valence-electron chi connectivity index (χ4n) is 1.62. The molecule has 4 nitrogen and oxygen atoms in total. The summed E-state index contributed by atoms with van der Waals surface area (Å²) in [6, 6.07) is 0.177. The van der Waals surface area contributed by atoms with Gasteiger partial charge in [0.2, 0.25) is 5.91 Å². The van der Waals surface area contributed by atoms with Crippen LogP contribution >= 0.6 is 11.8 Å². The van der Waals surface area contributed by atoms with Crippen LogP contribution in [0.3, 0.4) is 0 Å². The van der Waals surface area contributed by atoms with Gasteiger partial charge >= 0.3 is 0 Å². The molecule has 1 aliphatic rings. The maximum Gasteiger partial charge on any atom is 0.240 e. The highest BCUT2D eigenvalue weighted by atomic mass is 32.2. The second kappa shape index (κ2) is 5.72. The normalized spacial score (nSPS) is 22.1. The molecule has 1 atom stereocenters. The van der Waals surface area contributed by atoms with E-state index in [0.29, 0.717) is 26.1 Å². The fourth-order valence-corrected chi connectivity index (χ4v) is 2.21. The van der Waals surface area contributed by atoms with Gasteiger partial charge in [0.15, 0.2) is 0 Å². The molecular weight excluding hydrogens is 212 g/mol. The number of amides is 1. The van der Waals surface area contributed by atoms with Crippen LogP contribution in [0.15, 0.2) is 0 Å². The molecule has 0 radical (unpaired) electrons. The quantitative estimate of drug-likeness (QED) is 0.734. The van der Waals surface area contributed by atoms with E-state index in [1.54, 1.807) is 11.8 Å². The van der Waals surface area contributed by atoms with Crippen molar-refractivity contribution >= 4 is 17.7 Å². The van der Waals surface area contributed by atoms with E-state index in [-0.39, 0.29) is 11.9 Å². The zero-order valence-corrected chi connectivity index (χ0v) is 10.2. The molecule has 15 heavy (non-hydrogen) atoms. The first-order valence-electron chi connectivity index (χ1n) is 5.25. The van der Waals surface area contributed by atoms with Gasteiger partial charge < -0.3 is 15.8 Å². The van der Waals surface area contributed by atoms with Crippen LogP contribution in [0.1, 0.15) is 19.8 Å². The molecule has 5 heteroatoms. The molecule has 1 heterocycles. The van der Waals surface area contributed by atoms with Crippen LogP contribution < -0.4 is 11.1 Å². The average Bonchev–Trinajstić information content (AvgIpc) is 2.19. The molecule has 0 aromatic rings. The Hall–Kier alpha value is -0.260. The molecule has 3 N–H and O–H groups in total. The van der Waals surface area contributed by atoms with Crippen LogP contribution in [0.2, 0.25) is 0 Å². The Balaban J connectivity index is 2.44. The predicted octanol–water partition coefficient (Wildman–Crippen LogP) is 0.362. The van der Waals surface area contributed by atoms with Crippen LogP contribution in [0.4, 0.5) is 0 Å². The van der Waals surface area contributed by atoms with Crippen LogP contribution in [-0.2, 0) is 9.53 Å². The Labute approximate surface area is 95.3 Å². The van der Waals surface area contributed by atoms with Crippen LogP contribution in [0.25, 0.3) is 0 Å². The van der Waals surface area contributed by atoms with Crippen molar-refractivity contribution < 1.29 is 9.53 Å². The summed E-state index contributed by atoms with van der Waals surface area (Å²) in [7, 11) is 0. The van der Waals surface area contributed by atoms with Crippen molar-refractivity contribution in [3.05, 3.63) is 0 Å². The smallest absolute Gasteiger partial charge is 0.240 e. The van der Waals surface area contributed by atoms with E-state index in [2.05, 4.69) is 5.32 Å². The summed E-state index contributed by atoms with van der Waals surface area (Å²) in [6.07, 6.45) is 3.25. The Bertz CT molecular complexity index is 217. The van der Waals surface area contributed by atoms with Crippen molar-refractivity contribution in [1.82, 2.24) is 5.32 Å². The maximum absolute atomic E-state index is 11.9. The molecular formula is C10H20N2O2S. The molecule has 1 fully saturated rings. The summed E-state index contributed by atoms with van der Waals surface area (Å²) >= 11 is 1.72. The molecule has 1 aliphatic heterocycles. The standard InChI is InChI=1S/C10H20N2O2S/c1-8(7-15-2)12-9(13)10(11)3-5-14-6-4-10/h8H,3-7,11H2,1-2H3,(H,12,13). The number of hydrogen-bond donors (Lipinski definition) is 2. The molecule has 0 spiro atoms.